The van der Waals surface area contributed by atoms with Crippen molar-refractivity contribution < 1.29 is 9.90 Å². The van der Waals surface area contributed by atoms with Crippen molar-refractivity contribution in [2.24, 2.45) is 0 Å². The van der Waals surface area contributed by atoms with E-state index in [1.54, 1.807) is 11.8 Å². The number of hydrogen-bond donors (Lipinski definition) is 2. The molecule has 0 aliphatic carbocycles. The molecule has 1 rings (SSSR count). The van der Waals surface area contributed by atoms with Gasteiger partial charge in [0.2, 0.25) is 5.91 Å². The predicted molar refractivity (Wildman–Crippen MR) is 71.1 cm³/mol. The minimum atomic E-state index is -0.107. The monoisotopic (exact) mass is 253 g/mol. The van der Waals surface area contributed by atoms with Crippen LogP contribution < -0.4 is 5.32 Å². The fraction of sp³-hybridized carbons (Fsp3) is 0.462. The van der Waals surface area contributed by atoms with E-state index >= 15 is 0 Å². The molecule has 0 aromatic heterocycles. The number of thioether (sulfide) groups is 1. The maximum absolute atomic E-state index is 11.5. The first kappa shape index (κ1) is 14.1. The van der Waals surface area contributed by atoms with Crippen molar-refractivity contribution in [1.29, 1.82) is 0 Å². The Bertz CT molecular complexity index is 325. The molecule has 0 fully saturated rings. The average Bonchev–Trinajstić information content (AvgIpc) is 2.37. The summed E-state index contributed by atoms with van der Waals surface area (Å²) in [4.78, 5) is 12.7. The fourth-order valence-corrected chi connectivity index (χ4v) is 2.23. The van der Waals surface area contributed by atoms with E-state index in [2.05, 4.69) is 5.32 Å². The molecule has 0 aliphatic heterocycles. The highest BCUT2D eigenvalue weighted by Gasteiger charge is 2.08. The lowest BCUT2D eigenvalue weighted by molar-refractivity contribution is -0.121. The van der Waals surface area contributed by atoms with Crippen molar-refractivity contribution >= 4 is 17.7 Å². The van der Waals surface area contributed by atoms with Gasteiger partial charge in [-0.25, -0.2) is 0 Å². The second-order valence-corrected chi connectivity index (χ2v) is 4.94. The molecular formula is C13H19NO2S. The van der Waals surface area contributed by atoms with Gasteiger partial charge in [-0.15, -0.1) is 11.8 Å². The third kappa shape index (κ3) is 5.75. The van der Waals surface area contributed by atoms with Gasteiger partial charge >= 0.3 is 0 Å². The second-order valence-electron chi connectivity index (χ2n) is 3.77. The number of aliphatic hydroxyl groups is 1. The molecule has 1 aromatic rings. The van der Waals surface area contributed by atoms with Crippen LogP contribution >= 0.6 is 11.8 Å². The smallest absolute Gasteiger partial charge is 0.221 e. The number of aliphatic hydroxyl groups excluding tert-OH is 1. The molecule has 0 bridgehead atoms. The molecule has 2 N–H and O–H groups in total. The molecule has 0 aliphatic rings. The van der Waals surface area contributed by atoms with Crippen LogP contribution in [0.2, 0.25) is 0 Å². The van der Waals surface area contributed by atoms with Gasteiger partial charge in [-0.05, 0) is 18.6 Å². The molecule has 0 spiro atoms. The first-order chi connectivity index (χ1) is 8.26. The molecule has 0 radical (unpaired) electrons. The van der Waals surface area contributed by atoms with Gasteiger partial charge in [-0.1, -0.05) is 25.1 Å². The van der Waals surface area contributed by atoms with Crippen molar-refractivity contribution in [3.63, 3.8) is 0 Å². The SMILES string of the molecule is CC[C@@H](CO)NC(=O)CCSc1ccccc1. The zero-order valence-electron chi connectivity index (χ0n) is 10.1. The largest absolute Gasteiger partial charge is 0.394 e. The van der Waals surface area contributed by atoms with Crippen LogP contribution in [0.15, 0.2) is 35.2 Å². The highest BCUT2D eigenvalue weighted by atomic mass is 32.2. The molecule has 17 heavy (non-hydrogen) atoms. The highest BCUT2D eigenvalue weighted by molar-refractivity contribution is 7.99. The molecule has 3 nitrogen and oxygen atoms in total. The highest BCUT2D eigenvalue weighted by Crippen LogP contribution is 2.17. The molecule has 0 saturated carbocycles. The summed E-state index contributed by atoms with van der Waals surface area (Å²) in [6.07, 6.45) is 1.24. The van der Waals surface area contributed by atoms with Gasteiger partial charge in [0.15, 0.2) is 0 Å². The van der Waals surface area contributed by atoms with Crippen molar-refractivity contribution in [3.05, 3.63) is 30.3 Å². The number of rotatable bonds is 7. The van der Waals surface area contributed by atoms with E-state index in [4.69, 9.17) is 5.11 Å². The summed E-state index contributed by atoms with van der Waals surface area (Å²) in [7, 11) is 0. The third-order valence-corrected chi connectivity index (χ3v) is 3.43. The van der Waals surface area contributed by atoms with Crippen LogP contribution in [0.25, 0.3) is 0 Å². The van der Waals surface area contributed by atoms with E-state index in [-0.39, 0.29) is 18.6 Å². The van der Waals surface area contributed by atoms with Gasteiger partial charge in [-0.3, -0.25) is 4.79 Å². The van der Waals surface area contributed by atoms with Crippen molar-refractivity contribution in [2.75, 3.05) is 12.4 Å². The van der Waals surface area contributed by atoms with Gasteiger partial charge in [0.1, 0.15) is 0 Å². The van der Waals surface area contributed by atoms with Crippen LogP contribution in [0.3, 0.4) is 0 Å². The molecule has 0 saturated heterocycles. The molecular weight excluding hydrogens is 234 g/mol. The first-order valence-electron chi connectivity index (χ1n) is 5.84. The summed E-state index contributed by atoms with van der Waals surface area (Å²) < 4.78 is 0. The van der Waals surface area contributed by atoms with E-state index in [1.165, 1.54) is 4.90 Å². The van der Waals surface area contributed by atoms with E-state index in [0.29, 0.717) is 6.42 Å². The summed E-state index contributed by atoms with van der Waals surface area (Å²) in [6, 6.07) is 9.91. The lowest BCUT2D eigenvalue weighted by Gasteiger charge is -2.13. The number of amides is 1. The Hall–Kier alpha value is -1.00. The second kappa shape index (κ2) is 8.14. The van der Waals surface area contributed by atoms with Gasteiger partial charge < -0.3 is 10.4 Å². The third-order valence-electron chi connectivity index (χ3n) is 2.42. The zero-order chi connectivity index (χ0) is 12.5. The Morgan fingerprint density at radius 2 is 2.12 bits per heavy atom. The average molecular weight is 253 g/mol. The Morgan fingerprint density at radius 3 is 2.71 bits per heavy atom. The number of carbonyl (C=O) groups is 1. The fourth-order valence-electron chi connectivity index (χ4n) is 1.35. The van der Waals surface area contributed by atoms with E-state index in [9.17, 15) is 4.79 Å². The lowest BCUT2D eigenvalue weighted by Crippen LogP contribution is -2.37. The Balaban J connectivity index is 2.20. The quantitative estimate of drug-likeness (QED) is 0.731. The number of benzene rings is 1. The molecule has 1 aromatic carbocycles. The summed E-state index contributed by atoms with van der Waals surface area (Å²) in [5, 5.41) is 11.8. The zero-order valence-corrected chi connectivity index (χ0v) is 10.9. The van der Waals surface area contributed by atoms with Gasteiger partial charge in [0.05, 0.1) is 12.6 Å². The van der Waals surface area contributed by atoms with E-state index < -0.39 is 0 Å². The maximum atomic E-state index is 11.5. The Labute approximate surface area is 107 Å². The van der Waals surface area contributed by atoms with E-state index in [0.717, 1.165) is 12.2 Å². The van der Waals surface area contributed by atoms with Crippen molar-refractivity contribution in [3.8, 4) is 0 Å². The molecule has 0 heterocycles. The normalized spacial score (nSPS) is 12.1. The van der Waals surface area contributed by atoms with Gasteiger partial charge in [0, 0.05) is 17.1 Å². The number of carbonyl (C=O) groups excluding carboxylic acids is 1. The lowest BCUT2D eigenvalue weighted by atomic mass is 10.2. The van der Waals surface area contributed by atoms with Crippen LogP contribution in [0, 0.1) is 0 Å². The van der Waals surface area contributed by atoms with Crippen LogP contribution in [0.1, 0.15) is 19.8 Å². The van der Waals surface area contributed by atoms with Crippen molar-refractivity contribution in [1.82, 2.24) is 5.32 Å². The summed E-state index contributed by atoms with van der Waals surface area (Å²) in [5.41, 5.74) is 0. The first-order valence-corrected chi connectivity index (χ1v) is 6.83. The van der Waals surface area contributed by atoms with E-state index in [1.807, 2.05) is 37.3 Å². The molecule has 1 amide bonds. The minimum Gasteiger partial charge on any atom is -0.394 e. The van der Waals surface area contributed by atoms with Gasteiger partial charge in [0.25, 0.3) is 0 Å². The molecule has 4 heteroatoms. The van der Waals surface area contributed by atoms with Crippen LogP contribution in [0.5, 0.6) is 0 Å². The predicted octanol–water partition coefficient (Wildman–Crippen LogP) is 2.06. The van der Waals surface area contributed by atoms with Crippen molar-refractivity contribution in [2.45, 2.75) is 30.7 Å². The standard InChI is InChI=1S/C13H19NO2S/c1-2-11(10-15)14-13(16)8-9-17-12-6-4-3-5-7-12/h3-7,11,15H,2,8-10H2,1H3,(H,14,16)/t11-/m0/s1. The van der Waals surface area contributed by atoms with Gasteiger partial charge in [-0.2, -0.15) is 0 Å². The number of nitrogens with one attached hydrogen (secondary N) is 1. The van der Waals surface area contributed by atoms with Crippen LogP contribution in [0.4, 0.5) is 0 Å². The molecule has 94 valence electrons. The minimum absolute atomic E-state index is 0.00800. The summed E-state index contributed by atoms with van der Waals surface area (Å²) in [5.74, 6) is 0.770. The molecule has 0 unspecified atom stereocenters. The summed E-state index contributed by atoms with van der Waals surface area (Å²) in [6.45, 7) is 1.95. The molecule has 1 atom stereocenters. The summed E-state index contributed by atoms with van der Waals surface area (Å²) >= 11 is 1.67. The maximum Gasteiger partial charge on any atom is 0.221 e. The van der Waals surface area contributed by atoms with Crippen LogP contribution in [-0.4, -0.2) is 29.4 Å². The topological polar surface area (TPSA) is 49.3 Å². The Kier molecular flexibility index (Phi) is 6.74. The number of hydrogen-bond acceptors (Lipinski definition) is 3. The Morgan fingerprint density at radius 1 is 1.41 bits per heavy atom. The van der Waals surface area contributed by atoms with Crippen LogP contribution in [-0.2, 0) is 4.79 Å².